The van der Waals surface area contributed by atoms with Crippen LogP contribution in [0.4, 0.5) is 4.79 Å². The monoisotopic (exact) mass is 627 g/mol. The molecule has 0 spiro atoms. The minimum atomic E-state index is -1.46. The van der Waals surface area contributed by atoms with E-state index in [1.807, 2.05) is 0 Å². The number of carbonyl (C=O) groups excluding carboxylic acids is 8. The number of barbiturate groups is 1. The molecule has 0 radical (unpaired) electrons. The van der Waals surface area contributed by atoms with Crippen LogP contribution < -0.4 is 16.0 Å². The lowest BCUT2D eigenvalue weighted by atomic mass is 9.74. The minimum Gasteiger partial charge on any atom is -0.356 e. The van der Waals surface area contributed by atoms with Crippen LogP contribution in [0.5, 0.6) is 0 Å². The van der Waals surface area contributed by atoms with Crippen molar-refractivity contribution >= 4 is 47.4 Å². The highest BCUT2D eigenvalue weighted by Gasteiger charge is 2.53. The molecule has 2 heterocycles. The summed E-state index contributed by atoms with van der Waals surface area (Å²) in [4.78, 5) is 103. The van der Waals surface area contributed by atoms with Gasteiger partial charge in [0.1, 0.15) is 0 Å². The topological polar surface area (TPSA) is 188 Å². The van der Waals surface area contributed by atoms with Gasteiger partial charge in [0.25, 0.3) is 17.7 Å². The molecule has 2 aliphatic rings. The Balaban J connectivity index is 1.22. The molecule has 1 unspecified atom stereocenters. The van der Waals surface area contributed by atoms with Crippen LogP contribution in [0, 0.1) is 0 Å². The summed E-state index contributed by atoms with van der Waals surface area (Å²) >= 11 is 0. The van der Waals surface area contributed by atoms with Gasteiger partial charge < -0.3 is 15.5 Å². The number of rotatable bonds is 18. The van der Waals surface area contributed by atoms with Gasteiger partial charge in [-0.2, -0.15) is 0 Å². The van der Waals surface area contributed by atoms with Crippen molar-refractivity contribution in [3.05, 3.63) is 35.9 Å². The number of unbranched alkanes of at least 4 members (excludes halogenated alkanes) is 4. The SMILES string of the molecule is CCC1(c2ccccc2)C(=O)NC(=O)N(CCCCC(=O)NCCCCCCNC(=O)CCC(=O)ON2C(=O)CCC2=O)C1=O. The number of nitrogens with zero attached hydrogens (tertiary/aromatic N) is 2. The zero-order valence-electron chi connectivity index (χ0n) is 25.6. The summed E-state index contributed by atoms with van der Waals surface area (Å²) in [5.74, 6) is -3.60. The molecule has 244 valence electrons. The molecule has 14 heteroatoms. The van der Waals surface area contributed by atoms with E-state index in [1.165, 1.54) is 0 Å². The number of benzene rings is 1. The lowest BCUT2D eigenvalue weighted by Gasteiger charge is -2.39. The molecule has 1 aromatic rings. The molecule has 1 aromatic carbocycles. The molecule has 3 N–H and O–H groups in total. The molecule has 2 saturated heterocycles. The smallest absolute Gasteiger partial charge is 0.333 e. The van der Waals surface area contributed by atoms with Crippen molar-refractivity contribution in [3.8, 4) is 0 Å². The molecule has 0 saturated carbocycles. The Kier molecular flexibility index (Phi) is 13.2. The van der Waals surface area contributed by atoms with Crippen molar-refractivity contribution in [2.75, 3.05) is 19.6 Å². The van der Waals surface area contributed by atoms with Gasteiger partial charge >= 0.3 is 12.0 Å². The van der Waals surface area contributed by atoms with E-state index < -0.39 is 41.0 Å². The molecule has 0 aromatic heterocycles. The first-order valence-electron chi connectivity index (χ1n) is 15.4. The molecule has 14 nitrogen and oxygen atoms in total. The summed E-state index contributed by atoms with van der Waals surface area (Å²) in [6, 6.07) is 7.93. The van der Waals surface area contributed by atoms with Gasteiger partial charge in [-0.05, 0) is 37.7 Å². The molecular weight excluding hydrogens is 586 g/mol. The summed E-state index contributed by atoms with van der Waals surface area (Å²) in [5, 5.41) is 8.33. The Morgan fingerprint density at radius 3 is 2.00 bits per heavy atom. The Labute approximate surface area is 261 Å². The minimum absolute atomic E-state index is 0.00568. The third kappa shape index (κ3) is 9.43. The third-order valence-corrected chi connectivity index (χ3v) is 7.80. The van der Waals surface area contributed by atoms with Gasteiger partial charge in [0.15, 0.2) is 5.41 Å². The van der Waals surface area contributed by atoms with Crippen molar-refractivity contribution in [2.24, 2.45) is 0 Å². The van der Waals surface area contributed by atoms with Gasteiger partial charge in [0.05, 0.1) is 6.42 Å². The van der Waals surface area contributed by atoms with E-state index in [-0.39, 0.29) is 56.9 Å². The van der Waals surface area contributed by atoms with Crippen LogP contribution in [0.3, 0.4) is 0 Å². The quantitative estimate of drug-likeness (QED) is 0.124. The van der Waals surface area contributed by atoms with Crippen molar-refractivity contribution in [3.63, 3.8) is 0 Å². The maximum Gasteiger partial charge on any atom is 0.333 e. The number of imide groups is 3. The first-order chi connectivity index (χ1) is 21.6. The van der Waals surface area contributed by atoms with Crippen LogP contribution in [0.25, 0.3) is 0 Å². The van der Waals surface area contributed by atoms with E-state index in [0.717, 1.165) is 30.6 Å². The van der Waals surface area contributed by atoms with Crippen LogP contribution >= 0.6 is 0 Å². The first-order valence-corrected chi connectivity index (χ1v) is 15.4. The lowest BCUT2D eigenvalue weighted by molar-refractivity contribution is -0.197. The zero-order chi connectivity index (χ0) is 32.8. The molecule has 2 aliphatic heterocycles. The van der Waals surface area contributed by atoms with E-state index >= 15 is 0 Å². The highest BCUT2D eigenvalue weighted by molar-refractivity contribution is 6.22. The van der Waals surface area contributed by atoms with Gasteiger partial charge in [0.2, 0.25) is 17.7 Å². The fourth-order valence-electron chi connectivity index (χ4n) is 5.20. The average Bonchev–Trinajstić information content (AvgIpc) is 3.33. The third-order valence-electron chi connectivity index (χ3n) is 7.80. The van der Waals surface area contributed by atoms with E-state index in [2.05, 4.69) is 16.0 Å². The van der Waals surface area contributed by atoms with Gasteiger partial charge in [0, 0.05) is 45.3 Å². The van der Waals surface area contributed by atoms with E-state index in [4.69, 9.17) is 4.84 Å². The van der Waals surface area contributed by atoms with Crippen LogP contribution in [0.1, 0.15) is 89.5 Å². The number of hydrogen-bond donors (Lipinski definition) is 3. The Morgan fingerprint density at radius 2 is 1.40 bits per heavy atom. The highest BCUT2D eigenvalue weighted by Crippen LogP contribution is 2.33. The van der Waals surface area contributed by atoms with Gasteiger partial charge in [-0.25, -0.2) is 9.59 Å². The van der Waals surface area contributed by atoms with Crippen molar-refractivity contribution in [2.45, 2.75) is 89.4 Å². The van der Waals surface area contributed by atoms with Crippen molar-refractivity contribution < 1.29 is 43.2 Å². The lowest BCUT2D eigenvalue weighted by Crippen LogP contribution is -2.65. The average molecular weight is 628 g/mol. The fraction of sp³-hybridized carbons (Fsp3) is 0.548. The predicted octanol–water partition coefficient (Wildman–Crippen LogP) is 1.76. The fourth-order valence-corrected chi connectivity index (χ4v) is 5.20. The van der Waals surface area contributed by atoms with Crippen molar-refractivity contribution in [1.82, 2.24) is 25.9 Å². The predicted molar refractivity (Wildman–Crippen MR) is 158 cm³/mol. The summed E-state index contributed by atoms with van der Waals surface area (Å²) in [6.45, 7) is 2.76. The zero-order valence-corrected chi connectivity index (χ0v) is 25.6. The second-order valence-electron chi connectivity index (χ2n) is 11.0. The number of hydrogen-bond acceptors (Lipinski definition) is 9. The van der Waals surface area contributed by atoms with Gasteiger partial charge in [-0.15, -0.1) is 5.06 Å². The Bertz CT molecular complexity index is 1270. The van der Waals surface area contributed by atoms with E-state index in [0.29, 0.717) is 36.6 Å². The first kappa shape index (κ1) is 34.9. The second kappa shape index (κ2) is 17.0. The molecular formula is C31H41N5O9. The van der Waals surface area contributed by atoms with Crippen LogP contribution in [-0.4, -0.2) is 77.0 Å². The molecule has 1 atom stereocenters. The van der Waals surface area contributed by atoms with Crippen LogP contribution in [0.15, 0.2) is 30.3 Å². The number of urea groups is 1. The standard InChI is InChI=1S/C31H41N5O9/c1-2-31(22-12-6-5-7-13-22)28(42)34-30(44)35(29(31)43)21-11-8-14-23(37)32-19-9-3-4-10-20-33-24(38)15-18-27(41)45-36-25(39)16-17-26(36)40/h5-7,12-13H,2-4,8-11,14-21H2,1H3,(H,32,37)(H,33,38)(H,34,42,44). The van der Waals surface area contributed by atoms with Crippen LogP contribution in [-0.2, 0) is 43.8 Å². The number of carbonyl (C=O) groups is 8. The largest absolute Gasteiger partial charge is 0.356 e. The number of nitrogens with one attached hydrogen (secondary N) is 3. The van der Waals surface area contributed by atoms with E-state index in [9.17, 15) is 38.4 Å². The highest BCUT2D eigenvalue weighted by atomic mass is 16.7. The second-order valence-corrected chi connectivity index (χ2v) is 11.0. The summed E-state index contributed by atoms with van der Waals surface area (Å²) in [5.41, 5.74) is -0.932. The van der Waals surface area contributed by atoms with Crippen molar-refractivity contribution in [1.29, 1.82) is 0 Å². The number of hydroxylamine groups is 2. The maximum absolute atomic E-state index is 13.4. The summed E-state index contributed by atoms with van der Waals surface area (Å²) in [6.07, 6.45) is 4.12. The maximum atomic E-state index is 13.4. The van der Waals surface area contributed by atoms with Gasteiger partial charge in [-0.1, -0.05) is 50.1 Å². The molecule has 0 bridgehead atoms. The Hall–Kier alpha value is -4.62. The van der Waals surface area contributed by atoms with Crippen LogP contribution in [0.2, 0.25) is 0 Å². The molecule has 2 fully saturated rings. The molecule has 45 heavy (non-hydrogen) atoms. The summed E-state index contributed by atoms with van der Waals surface area (Å²) < 4.78 is 0. The normalized spacial score (nSPS) is 18.2. The van der Waals surface area contributed by atoms with E-state index in [1.54, 1.807) is 37.3 Å². The Morgan fingerprint density at radius 1 is 0.800 bits per heavy atom. The molecule has 3 rings (SSSR count). The molecule has 8 amide bonds. The van der Waals surface area contributed by atoms with Gasteiger partial charge in [-0.3, -0.25) is 39.0 Å². The molecule has 0 aliphatic carbocycles. The summed E-state index contributed by atoms with van der Waals surface area (Å²) in [7, 11) is 0. The number of amides is 8.